The summed E-state index contributed by atoms with van der Waals surface area (Å²) in [5.41, 5.74) is 1.23. The zero-order chi connectivity index (χ0) is 19.9. The molecule has 1 N–H and O–H groups in total. The number of hydrogen-bond acceptors (Lipinski definition) is 4. The molecule has 0 aliphatic carbocycles. The molecule has 1 aliphatic heterocycles. The molecule has 1 aromatic heterocycles. The van der Waals surface area contributed by atoms with Gasteiger partial charge in [0, 0.05) is 38.6 Å². The lowest BCUT2D eigenvalue weighted by Crippen LogP contribution is -2.40. The van der Waals surface area contributed by atoms with E-state index in [2.05, 4.69) is 38.8 Å². The van der Waals surface area contributed by atoms with Crippen LogP contribution in [-0.4, -0.2) is 53.1 Å². The van der Waals surface area contributed by atoms with E-state index in [1.807, 2.05) is 37.5 Å². The summed E-state index contributed by atoms with van der Waals surface area (Å²) in [4.78, 5) is 23.4. The number of benzene rings is 1. The van der Waals surface area contributed by atoms with Crippen LogP contribution in [0.3, 0.4) is 0 Å². The van der Waals surface area contributed by atoms with Crippen molar-refractivity contribution >= 4 is 35.9 Å². The van der Waals surface area contributed by atoms with E-state index in [0.29, 0.717) is 13.1 Å². The van der Waals surface area contributed by atoms with Crippen LogP contribution >= 0.6 is 24.0 Å². The van der Waals surface area contributed by atoms with Crippen molar-refractivity contribution in [3.63, 3.8) is 0 Å². The minimum absolute atomic E-state index is 0. The highest BCUT2D eigenvalue weighted by molar-refractivity contribution is 14.0. The fourth-order valence-electron chi connectivity index (χ4n) is 3.59. The number of hydrogen-bond donors (Lipinski definition) is 1. The topological polar surface area (TPSA) is 71.8 Å². The summed E-state index contributed by atoms with van der Waals surface area (Å²) >= 11 is 0. The Labute approximate surface area is 189 Å². The van der Waals surface area contributed by atoms with E-state index in [0.717, 1.165) is 31.4 Å². The molecule has 0 bridgehead atoms. The van der Waals surface area contributed by atoms with Crippen LogP contribution in [0.2, 0.25) is 0 Å². The van der Waals surface area contributed by atoms with Gasteiger partial charge in [0.25, 0.3) is 0 Å². The Morgan fingerprint density at radius 3 is 2.76 bits per heavy atom. The first-order valence-corrected chi connectivity index (χ1v) is 9.77. The maximum Gasteiger partial charge on any atom is 0.310 e. The van der Waals surface area contributed by atoms with Crippen LogP contribution in [0.15, 0.2) is 47.7 Å². The Kier molecular flexibility index (Phi) is 8.94. The molecule has 2 aromatic rings. The second-order valence-corrected chi connectivity index (χ2v) is 7.14. The van der Waals surface area contributed by atoms with Crippen molar-refractivity contribution in [2.45, 2.75) is 26.9 Å². The van der Waals surface area contributed by atoms with Gasteiger partial charge in [-0.3, -0.25) is 4.79 Å². The smallest absolute Gasteiger partial charge is 0.310 e. The van der Waals surface area contributed by atoms with Gasteiger partial charge in [-0.1, -0.05) is 37.3 Å². The van der Waals surface area contributed by atoms with E-state index in [1.54, 1.807) is 0 Å². The molecule has 1 saturated heterocycles. The summed E-state index contributed by atoms with van der Waals surface area (Å²) in [5, 5.41) is 3.34. The highest BCUT2D eigenvalue weighted by Gasteiger charge is 2.36. The third-order valence-corrected chi connectivity index (χ3v) is 5.12. The molecule has 8 heteroatoms. The number of esters is 1. The number of nitrogens with one attached hydrogen (secondary N) is 1. The molecule has 2 unspecified atom stereocenters. The van der Waals surface area contributed by atoms with Crippen molar-refractivity contribution in [1.29, 1.82) is 0 Å². The van der Waals surface area contributed by atoms with Gasteiger partial charge in [0.1, 0.15) is 12.4 Å². The first-order chi connectivity index (χ1) is 13.6. The van der Waals surface area contributed by atoms with Gasteiger partial charge in [-0.15, -0.1) is 24.0 Å². The minimum atomic E-state index is -0.149. The molecule has 0 spiro atoms. The number of nitrogens with zero attached hydrogens (tertiary/aromatic N) is 4. The zero-order valence-electron chi connectivity index (χ0n) is 17.2. The zero-order valence-corrected chi connectivity index (χ0v) is 19.6. The molecule has 1 aliphatic rings. The monoisotopic (exact) mass is 511 g/mol. The predicted molar refractivity (Wildman–Crippen MR) is 124 cm³/mol. The standard InChI is InChI=1S/C21H29N5O2.HI/c1-4-22-21(26-13-16(2)18(15-26)20(27)28-3)24-12-19-23-10-11-25(19)14-17-8-6-5-7-9-17;/h5-11,16,18H,4,12-15H2,1-3H3,(H,22,24);1H. The normalized spacial score (nSPS) is 19.0. The molecule has 0 amide bonds. The number of aliphatic imine (C=N–C) groups is 1. The number of likely N-dealkylation sites (tertiary alicyclic amines) is 1. The third-order valence-electron chi connectivity index (χ3n) is 5.12. The van der Waals surface area contributed by atoms with Crippen molar-refractivity contribution in [3.05, 3.63) is 54.1 Å². The average Bonchev–Trinajstić information content (AvgIpc) is 3.31. The van der Waals surface area contributed by atoms with E-state index >= 15 is 0 Å². The summed E-state index contributed by atoms with van der Waals surface area (Å²) < 4.78 is 7.06. The van der Waals surface area contributed by atoms with E-state index in [9.17, 15) is 4.79 Å². The number of carbonyl (C=O) groups excluding carboxylic acids is 1. The second kappa shape index (κ2) is 11.2. The van der Waals surface area contributed by atoms with Gasteiger partial charge in [0.15, 0.2) is 5.96 Å². The Bertz CT molecular complexity index is 808. The lowest BCUT2D eigenvalue weighted by Gasteiger charge is -2.21. The fraction of sp³-hybridized carbons (Fsp3) is 0.476. The SMILES string of the molecule is CCNC(=NCc1nccn1Cc1ccccc1)N1CC(C)C(C(=O)OC)C1.I. The number of methoxy groups -OCH3 is 1. The highest BCUT2D eigenvalue weighted by Crippen LogP contribution is 2.24. The second-order valence-electron chi connectivity index (χ2n) is 7.14. The number of guanidine groups is 1. The van der Waals surface area contributed by atoms with Crippen molar-refractivity contribution in [2.24, 2.45) is 16.8 Å². The summed E-state index contributed by atoms with van der Waals surface area (Å²) in [5.74, 6) is 1.69. The van der Waals surface area contributed by atoms with Crippen LogP contribution in [0, 0.1) is 11.8 Å². The third kappa shape index (κ3) is 5.94. The van der Waals surface area contributed by atoms with Gasteiger partial charge >= 0.3 is 5.97 Å². The number of halogens is 1. The fourth-order valence-corrected chi connectivity index (χ4v) is 3.59. The van der Waals surface area contributed by atoms with Crippen molar-refractivity contribution in [1.82, 2.24) is 19.8 Å². The Morgan fingerprint density at radius 2 is 2.07 bits per heavy atom. The van der Waals surface area contributed by atoms with Crippen LogP contribution in [0.25, 0.3) is 0 Å². The molecule has 3 rings (SSSR count). The maximum absolute atomic E-state index is 12.0. The van der Waals surface area contributed by atoms with Crippen LogP contribution in [0.5, 0.6) is 0 Å². The van der Waals surface area contributed by atoms with Crippen LogP contribution in [0.4, 0.5) is 0 Å². The van der Waals surface area contributed by atoms with E-state index in [-0.39, 0.29) is 41.8 Å². The molecule has 7 nitrogen and oxygen atoms in total. The Hall–Kier alpha value is -2.10. The predicted octanol–water partition coefficient (Wildman–Crippen LogP) is 2.76. The number of aromatic nitrogens is 2. The lowest BCUT2D eigenvalue weighted by molar-refractivity contribution is -0.145. The molecule has 0 radical (unpaired) electrons. The van der Waals surface area contributed by atoms with Crippen LogP contribution in [0.1, 0.15) is 25.2 Å². The minimum Gasteiger partial charge on any atom is -0.469 e. The molecule has 158 valence electrons. The molecule has 1 fully saturated rings. The van der Waals surface area contributed by atoms with Gasteiger partial charge in [0.05, 0.1) is 13.0 Å². The van der Waals surface area contributed by atoms with Gasteiger partial charge in [-0.25, -0.2) is 9.98 Å². The largest absolute Gasteiger partial charge is 0.469 e. The van der Waals surface area contributed by atoms with Gasteiger partial charge in [0.2, 0.25) is 0 Å². The van der Waals surface area contributed by atoms with Crippen molar-refractivity contribution < 1.29 is 9.53 Å². The summed E-state index contributed by atoms with van der Waals surface area (Å²) in [7, 11) is 1.45. The van der Waals surface area contributed by atoms with Crippen molar-refractivity contribution in [3.8, 4) is 0 Å². The summed E-state index contributed by atoms with van der Waals surface area (Å²) in [6.45, 7) is 7.55. The van der Waals surface area contributed by atoms with Crippen LogP contribution in [-0.2, 0) is 22.6 Å². The summed E-state index contributed by atoms with van der Waals surface area (Å²) in [6, 6.07) is 10.3. The Morgan fingerprint density at radius 1 is 1.31 bits per heavy atom. The first kappa shape index (κ1) is 23.2. The molecule has 29 heavy (non-hydrogen) atoms. The number of ether oxygens (including phenoxy) is 1. The van der Waals surface area contributed by atoms with E-state index in [1.165, 1.54) is 12.7 Å². The summed E-state index contributed by atoms with van der Waals surface area (Å²) in [6.07, 6.45) is 3.79. The first-order valence-electron chi connectivity index (χ1n) is 9.77. The van der Waals surface area contributed by atoms with E-state index in [4.69, 9.17) is 9.73 Å². The quantitative estimate of drug-likeness (QED) is 0.280. The van der Waals surface area contributed by atoms with Gasteiger partial charge in [-0.05, 0) is 18.4 Å². The average molecular weight is 511 g/mol. The lowest BCUT2D eigenvalue weighted by atomic mass is 9.99. The molecule has 2 atom stereocenters. The van der Waals surface area contributed by atoms with E-state index < -0.39 is 0 Å². The number of carbonyl (C=O) groups is 1. The number of imidazole rings is 1. The van der Waals surface area contributed by atoms with Crippen molar-refractivity contribution in [2.75, 3.05) is 26.7 Å². The highest BCUT2D eigenvalue weighted by atomic mass is 127. The number of rotatable bonds is 6. The Balaban J connectivity index is 0.00000300. The van der Waals surface area contributed by atoms with Crippen LogP contribution < -0.4 is 5.32 Å². The molecule has 1 aromatic carbocycles. The molecular weight excluding hydrogens is 481 g/mol. The maximum atomic E-state index is 12.0. The molecule has 2 heterocycles. The van der Waals surface area contributed by atoms with Gasteiger partial charge < -0.3 is 19.5 Å². The molecule has 0 saturated carbocycles. The van der Waals surface area contributed by atoms with Gasteiger partial charge in [-0.2, -0.15) is 0 Å². The molecular formula is C21H30IN5O2.